The van der Waals surface area contributed by atoms with Crippen molar-refractivity contribution in [2.75, 3.05) is 0 Å². The minimum absolute atomic E-state index is 0.0676. The molecule has 1 aromatic heterocycles. The number of fused-ring (bicyclic) bond motifs is 1. The predicted octanol–water partition coefficient (Wildman–Crippen LogP) is 3.70. The van der Waals surface area contributed by atoms with E-state index in [9.17, 15) is 9.59 Å². The third kappa shape index (κ3) is 3.96. The van der Waals surface area contributed by atoms with E-state index in [0.29, 0.717) is 29.0 Å². The maximum atomic E-state index is 12.2. The maximum Gasteiger partial charge on any atom is 0.248 e. The van der Waals surface area contributed by atoms with Gasteiger partial charge in [0.05, 0.1) is 5.56 Å². The monoisotopic (exact) mass is 388 g/mol. The molecule has 146 valence electrons. The Morgan fingerprint density at radius 3 is 2.48 bits per heavy atom. The first-order valence-electron chi connectivity index (χ1n) is 9.31. The molecule has 0 radical (unpaired) electrons. The number of rotatable bonds is 5. The Labute approximate surface area is 168 Å². The first-order chi connectivity index (χ1) is 14.0. The Morgan fingerprint density at radius 2 is 1.79 bits per heavy atom. The van der Waals surface area contributed by atoms with E-state index in [4.69, 9.17) is 15.2 Å². The van der Waals surface area contributed by atoms with Crippen molar-refractivity contribution in [2.24, 2.45) is 5.73 Å². The number of carbonyl (C=O) groups excluding carboxylic acids is 2. The molecule has 0 saturated heterocycles. The van der Waals surface area contributed by atoms with Crippen LogP contribution in [0.15, 0.2) is 67.0 Å². The van der Waals surface area contributed by atoms with Gasteiger partial charge in [0.25, 0.3) is 0 Å². The van der Waals surface area contributed by atoms with Crippen LogP contribution < -0.4 is 15.2 Å². The number of carbonyl (C=O) groups is 2. The first-order valence-corrected chi connectivity index (χ1v) is 9.31. The van der Waals surface area contributed by atoms with Gasteiger partial charge in [-0.2, -0.15) is 0 Å². The molecule has 0 saturated carbocycles. The van der Waals surface area contributed by atoms with Crippen molar-refractivity contribution in [3.63, 3.8) is 0 Å². The smallest absolute Gasteiger partial charge is 0.248 e. The van der Waals surface area contributed by atoms with E-state index >= 15 is 0 Å². The molecule has 1 aliphatic heterocycles. The van der Waals surface area contributed by atoms with E-state index in [2.05, 4.69) is 4.98 Å². The molecule has 0 fully saturated rings. The number of amides is 1. The molecule has 1 aliphatic rings. The molecule has 1 amide bonds. The summed E-state index contributed by atoms with van der Waals surface area (Å²) in [6.45, 7) is 1.87. The molecule has 2 heterocycles. The Morgan fingerprint density at radius 1 is 1.10 bits per heavy atom. The number of aromatic nitrogens is 1. The Kier molecular flexibility index (Phi) is 4.99. The fourth-order valence-electron chi connectivity index (χ4n) is 3.36. The highest BCUT2D eigenvalue weighted by Gasteiger charge is 2.25. The van der Waals surface area contributed by atoms with Crippen molar-refractivity contribution in [2.45, 2.75) is 25.6 Å². The molecule has 0 bridgehead atoms. The van der Waals surface area contributed by atoms with E-state index < -0.39 is 12.0 Å². The van der Waals surface area contributed by atoms with Gasteiger partial charge in [0.1, 0.15) is 23.7 Å². The van der Waals surface area contributed by atoms with E-state index in [0.717, 1.165) is 11.1 Å². The number of hydrogen-bond donors (Lipinski definition) is 1. The zero-order chi connectivity index (χ0) is 20.4. The SMILES string of the molecule is C[C@H]1CC(=O)c2ccc(O[C@H](c3ccncc3)c3ccc(C(N)=O)cc3)cc2O1. The fourth-order valence-corrected chi connectivity index (χ4v) is 3.36. The van der Waals surface area contributed by atoms with Crippen molar-refractivity contribution in [3.05, 3.63) is 89.2 Å². The summed E-state index contributed by atoms with van der Waals surface area (Å²) in [5, 5.41) is 0. The largest absolute Gasteiger partial charge is 0.489 e. The van der Waals surface area contributed by atoms with Crippen molar-refractivity contribution in [1.82, 2.24) is 4.98 Å². The minimum Gasteiger partial charge on any atom is -0.489 e. The molecule has 4 rings (SSSR count). The second kappa shape index (κ2) is 7.75. The van der Waals surface area contributed by atoms with Gasteiger partial charge in [-0.05, 0) is 54.4 Å². The zero-order valence-corrected chi connectivity index (χ0v) is 15.9. The van der Waals surface area contributed by atoms with Crippen LogP contribution >= 0.6 is 0 Å². The average molecular weight is 388 g/mol. The molecule has 0 aliphatic carbocycles. The average Bonchev–Trinajstić information content (AvgIpc) is 2.72. The molecule has 29 heavy (non-hydrogen) atoms. The zero-order valence-electron chi connectivity index (χ0n) is 15.9. The molecular weight excluding hydrogens is 368 g/mol. The van der Waals surface area contributed by atoms with Crippen molar-refractivity contribution in [1.29, 1.82) is 0 Å². The van der Waals surface area contributed by atoms with Crippen LogP contribution in [-0.2, 0) is 0 Å². The number of pyridine rings is 1. The molecule has 2 atom stereocenters. The standard InChI is InChI=1S/C23H20N2O4/c1-14-12-20(26)19-7-6-18(13-21(19)28-14)29-22(16-8-10-25-11-9-16)15-2-4-17(5-3-15)23(24)27/h2-11,13-14,22H,12H2,1H3,(H2,24,27)/t14-,22-/m0/s1. The quantitative estimate of drug-likeness (QED) is 0.719. The summed E-state index contributed by atoms with van der Waals surface area (Å²) in [4.78, 5) is 27.6. The lowest BCUT2D eigenvalue weighted by Gasteiger charge is -2.24. The highest BCUT2D eigenvalue weighted by atomic mass is 16.5. The minimum atomic E-state index is -0.483. The molecule has 6 heteroatoms. The molecule has 0 unspecified atom stereocenters. The van der Waals surface area contributed by atoms with Gasteiger partial charge in [-0.3, -0.25) is 14.6 Å². The van der Waals surface area contributed by atoms with Crippen LogP contribution in [0.5, 0.6) is 11.5 Å². The van der Waals surface area contributed by atoms with Crippen LogP contribution in [0.2, 0.25) is 0 Å². The van der Waals surface area contributed by atoms with Gasteiger partial charge in [-0.15, -0.1) is 0 Å². The van der Waals surface area contributed by atoms with Gasteiger partial charge in [0.2, 0.25) is 5.91 Å². The molecule has 0 spiro atoms. The van der Waals surface area contributed by atoms with Crippen LogP contribution in [0.4, 0.5) is 0 Å². The molecular formula is C23H20N2O4. The van der Waals surface area contributed by atoms with Gasteiger partial charge in [0.15, 0.2) is 5.78 Å². The van der Waals surface area contributed by atoms with Gasteiger partial charge < -0.3 is 15.2 Å². The summed E-state index contributed by atoms with van der Waals surface area (Å²) in [6.07, 6.45) is 3.16. The van der Waals surface area contributed by atoms with Crippen molar-refractivity contribution in [3.8, 4) is 11.5 Å². The van der Waals surface area contributed by atoms with Gasteiger partial charge >= 0.3 is 0 Å². The van der Waals surface area contributed by atoms with Gasteiger partial charge in [-0.1, -0.05) is 12.1 Å². The second-order valence-corrected chi connectivity index (χ2v) is 6.98. The van der Waals surface area contributed by atoms with Crippen LogP contribution in [0.3, 0.4) is 0 Å². The number of nitrogens with two attached hydrogens (primary N) is 1. The van der Waals surface area contributed by atoms with Crippen molar-refractivity contribution >= 4 is 11.7 Å². The number of ether oxygens (including phenoxy) is 2. The number of primary amides is 1. The van der Waals surface area contributed by atoms with E-state index in [-0.39, 0.29) is 11.9 Å². The topological polar surface area (TPSA) is 91.5 Å². The fraction of sp³-hybridized carbons (Fsp3) is 0.174. The molecule has 3 aromatic rings. The summed E-state index contributed by atoms with van der Waals surface area (Å²) < 4.78 is 12.1. The number of nitrogens with zero attached hydrogens (tertiary/aromatic N) is 1. The van der Waals surface area contributed by atoms with Crippen LogP contribution in [0, 0.1) is 0 Å². The summed E-state index contributed by atoms with van der Waals surface area (Å²) >= 11 is 0. The number of Topliss-reactive ketones (excluding diaryl/α,β-unsaturated/α-hetero) is 1. The summed E-state index contributed by atoms with van der Waals surface area (Å²) in [6, 6.07) is 15.9. The Balaban J connectivity index is 1.69. The van der Waals surface area contributed by atoms with E-state index in [1.165, 1.54) is 0 Å². The normalized spacial score (nSPS) is 16.4. The molecule has 2 N–H and O–H groups in total. The van der Waals surface area contributed by atoms with Gasteiger partial charge in [0, 0.05) is 30.4 Å². The van der Waals surface area contributed by atoms with Crippen LogP contribution in [0.1, 0.15) is 51.3 Å². The van der Waals surface area contributed by atoms with Crippen LogP contribution in [-0.4, -0.2) is 22.8 Å². The lowest BCUT2D eigenvalue weighted by Crippen LogP contribution is -2.23. The third-order valence-electron chi connectivity index (χ3n) is 4.82. The lowest BCUT2D eigenvalue weighted by molar-refractivity contribution is 0.0869. The Bertz CT molecular complexity index is 1050. The van der Waals surface area contributed by atoms with E-state index in [1.54, 1.807) is 42.7 Å². The van der Waals surface area contributed by atoms with Crippen molar-refractivity contribution < 1.29 is 19.1 Å². The summed E-state index contributed by atoms with van der Waals surface area (Å²) in [7, 11) is 0. The number of hydrogen-bond acceptors (Lipinski definition) is 5. The maximum absolute atomic E-state index is 12.2. The number of benzene rings is 2. The predicted molar refractivity (Wildman–Crippen MR) is 107 cm³/mol. The van der Waals surface area contributed by atoms with Crippen LogP contribution in [0.25, 0.3) is 0 Å². The molecule has 2 aromatic carbocycles. The highest BCUT2D eigenvalue weighted by molar-refractivity contribution is 6.00. The second-order valence-electron chi connectivity index (χ2n) is 6.98. The van der Waals surface area contributed by atoms with Gasteiger partial charge in [-0.25, -0.2) is 0 Å². The van der Waals surface area contributed by atoms with E-state index in [1.807, 2.05) is 31.2 Å². The third-order valence-corrected chi connectivity index (χ3v) is 4.82. The highest BCUT2D eigenvalue weighted by Crippen LogP contribution is 2.34. The number of ketones is 1. The molecule has 6 nitrogen and oxygen atoms in total. The Hall–Kier alpha value is -3.67. The summed E-state index contributed by atoms with van der Waals surface area (Å²) in [5.41, 5.74) is 8.09. The lowest BCUT2D eigenvalue weighted by atomic mass is 10.00. The summed E-state index contributed by atoms with van der Waals surface area (Å²) in [5.74, 6) is 0.692. The first kappa shape index (κ1) is 18.7.